The smallest absolute Gasteiger partial charge is 0.410 e. The molecule has 2 heterocycles. The molecule has 1 fully saturated rings. The van der Waals surface area contributed by atoms with Crippen LogP contribution in [0.1, 0.15) is 33.7 Å². The number of nitrogens with zero attached hydrogens (tertiary/aromatic N) is 3. The number of hydrogen-bond acceptors (Lipinski definition) is 6. The zero-order valence-electron chi connectivity index (χ0n) is 29.9. The van der Waals surface area contributed by atoms with E-state index >= 15 is 0 Å². The Kier molecular flexibility index (Phi) is 9.97. The van der Waals surface area contributed by atoms with Gasteiger partial charge in [0.1, 0.15) is 18.7 Å². The van der Waals surface area contributed by atoms with Crippen LogP contribution in [0.4, 0.5) is 16.2 Å². The molecule has 54 heavy (non-hydrogen) atoms. The molecule has 0 bridgehead atoms. The average Bonchev–Trinajstić information content (AvgIpc) is 3.53. The van der Waals surface area contributed by atoms with E-state index in [1.165, 1.54) is 4.90 Å². The van der Waals surface area contributed by atoms with Crippen molar-refractivity contribution in [1.82, 2.24) is 15.1 Å². The molecule has 8 rings (SSSR count). The van der Waals surface area contributed by atoms with Crippen LogP contribution in [-0.2, 0) is 33.7 Å². The number of para-hydroxylation sites is 2. The molecule has 3 amide bonds. The lowest BCUT2D eigenvalue weighted by molar-refractivity contribution is -0.138. The Morgan fingerprint density at radius 1 is 0.759 bits per heavy atom. The highest BCUT2D eigenvalue weighted by Crippen LogP contribution is 2.44. The van der Waals surface area contributed by atoms with E-state index in [9.17, 15) is 14.4 Å². The van der Waals surface area contributed by atoms with Gasteiger partial charge in [-0.3, -0.25) is 14.5 Å². The molecule has 0 saturated carbocycles. The van der Waals surface area contributed by atoms with E-state index in [-0.39, 0.29) is 31.4 Å². The van der Waals surface area contributed by atoms with Gasteiger partial charge in [0.05, 0.1) is 17.9 Å². The molecule has 0 radical (unpaired) electrons. The summed E-state index contributed by atoms with van der Waals surface area (Å²) in [6, 6.07) is 37.5. The maximum Gasteiger partial charge on any atom is 0.410 e. The number of ether oxygens (including phenoxy) is 1. The number of halogens is 1. The minimum absolute atomic E-state index is 0.120. The van der Waals surface area contributed by atoms with Gasteiger partial charge in [-0.1, -0.05) is 109 Å². The maximum atomic E-state index is 14.5. The van der Waals surface area contributed by atoms with Crippen molar-refractivity contribution in [2.24, 2.45) is 0 Å². The highest BCUT2D eigenvalue weighted by atomic mass is 35.5. The molecule has 3 aliphatic rings. The maximum absolute atomic E-state index is 14.5. The summed E-state index contributed by atoms with van der Waals surface area (Å²) in [6.45, 7) is 2.52. The molecule has 10 heteroatoms. The van der Waals surface area contributed by atoms with E-state index in [1.54, 1.807) is 17.0 Å². The Balaban J connectivity index is 1.01. The summed E-state index contributed by atoms with van der Waals surface area (Å²) in [5, 5.41) is 3.68. The Labute approximate surface area is 320 Å². The third kappa shape index (κ3) is 7.11. The number of carbonyl (C=O) groups is 3. The first-order valence-electron chi connectivity index (χ1n) is 18.5. The largest absolute Gasteiger partial charge is 0.448 e. The first kappa shape index (κ1) is 35.2. The van der Waals surface area contributed by atoms with Crippen molar-refractivity contribution in [3.05, 3.63) is 154 Å². The average molecular weight is 740 g/mol. The normalized spacial score (nSPS) is 16.9. The highest BCUT2D eigenvalue weighted by Gasteiger charge is 2.39. The molecule has 3 N–H and O–H groups in total. The van der Waals surface area contributed by atoms with E-state index < -0.39 is 24.1 Å². The number of amides is 3. The molecule has 1 aliphatic carbocycles. The summed E-state index contributed by atoms with van der Waals surface area (Å²) in [6.07, 6.45) is -0.00373. The molecule has 5 aromatic carbocycles. The second-order valence-corrected chi connectivity index (χ2v) is 14.6. The van der Waals surface area contributed by atoms with E-state index in [4.69, 9.17) is 22.1 Å². The van der Waals surface area contributed by atoms with Crippen LogP contribution in [0.5, 0.6) is 0 Å². The fraction of sp³-hybridized carbons (Fsp3) is 0.250. The first-order chi connectivity index (χ1) is 26.3. The molecule has 2 aliphatic heterocycles. The van der Waals surface area contributed by atoms with Gasteiger partial charge in [0.15, 0.2) is 0 Å². The van der Waals surface area contributed by atoms with Gasteiger partial charge in [-0.25, -0.2) is 4.79 Å². The number of nitrogens with one attached hydrogen (secondary N) is 1. The minimum Gasteiger partial charge on any atom is -0.448 e. The number of benzene rings is 5. The third-order valence-electron chi connectivity index (χ3n) is 11.0. The van der Waals surface area contributed by atoms with Crippen LogP contribution in [0, 0.1) is 0 Å². The van der Waals surface area contributed by atoms with Crippen molar-refractivity contribution in [3.63, 3.8) is 0 Å². The molecule has 0 unspecified atom stereocenters. The number of rotatable bonds is 8. The summed E-state index contributed by atoms with van der Waals surface area (Å²) in [4.78, 5) is 48.3. The number of carbonyl (C=O) groups excluding carboxylic acids is 3. The van der Waals surface area contributed by atoms with Crippen molar-refractivity contribution in [2.75, 3.05) is 43.4 Å². The second kappa shape index (κ2) is 15.3. The molecule has 2 atom stereocenters. The molecule has 9 nitrogen and oxygen atoms in total. The Morgan fingerprint density at radius 2 is 1.37 bits per heavy atom. The van der Waals surface area contributed by atoms with E-state index in [0.717, 1.165) is 44.6 Å². The van der Waals surface area contributed by atoms with Gasteiger partial charge in [-0.2, -0.15) is 0 Å². The lowest BCUT2D eigenvalue weighted by atomic mass is 9.93. The molecular formula is C44H42ClN5O4. The van der Waals surface area contributed by atoms with E-state index in [2.05, 4.69) is 34.5 Å². The quantitative estimate of drug-likeness (QED) is 0.172. The first-order valence-corrected chi connectivity index (χ1v) is 18.8. The number of fused-ring (bicyclic) bond motifs is 4. The number of piperazine rings is 1. The van der Waals surface area contributed by atoms with Crippen LogP contribution in [0.2, 0.25) is 5.02 Å². The number of hydrogen-bond donors (Lipinski definition) is 2. The van der Waals surface area contributed by atoms with Crippen molar-refractivity contribution in [2.45, 2.75) is 37.4 Å². The Hall–Kier alpha value is -5.80. The summed E-state index contributed by atoms with van der Waals surface area (Å²) >= 11 is 6.19. The predicted octanol–water partition coefficient (Wildman–Crippen LogP) is 6.67. The molecule has 1 saturated heterocycles. The van der Waals surface area contributed by atoms with Crippen molar-refractivity contribution < 1.29 is 19.1 Å². The second-order valence-electron chi connectivity index (χ2n) is 14.2. The zero-order chi connectivity index (χ0) is 37.2. The van der Waals surface area contributed by atoms with Crippen LogP contribution >= 0.6 is 11.6 Å². The van der Waals surface area contributed by atoms with Crippen molar-refractivity contribution >= 4 is 40.9 Å². The van der Waals surface area contributed by atoms with Crippen molar-refractivity contribution in [3.8, 4) is 11.1 Å². The summed E-state index contributed by atoms with van der Waals surface area (Å²) in [7, 11) is 0. The SMILES string of the molecule is Nc1ccccc1N1CCN(C(=O)[C@@H](Cc2ccc(Cl)cc2)NC(=O)[C@H]2Cc3ccccc3CN2C(=O)OCC2c3ccccc3-c3ccccc32)CC1. The van der Waals surface area contributed by atoms with Gasteiger partial charge in [0, 0.05) is 50.0 Å². The molecular weight excluding hydrogens is 698 g/mol. The summed E-state index contributed by atoms with van der Waals surface area (Å²) < 4.78 is 6.09. The van der Waals surface area contributed by atoms with Crippen LogP contribution in [0.3, 0.4) is 0 Å². The number of nitrogens with two attached hydrogens (primary N) is 1. The monoisotopic (exact) mass is 739 g/mol. The zero-order valence-corrected chi connectivity index (χ0v) is 30.6. The summed E-state index contributed by atoms with van der Waals surface area (Å²) in [5.74, 6) is -0.699. The topological polar surface area (TPSA) is 108 Å². The lowest BCUT2D eigenvalue weighted by Gasteiger charge is -2.39. The molecule has 5 aromatic rings. The molecule has 0 spiro atoms. The molecule has 0 aromatic heterocycles. The Morgan fingerprint density at radius 3 is 2.06 bits per heavy atom. The predicted molar refractivity (Wildman–Crippen MR) is 211 cm³/mol. The van der Waals surface area contributed by atoms with E-state index in [0.29, 0.717) is 43.3 Å². The lowest BCUT2D eigenvalue weighted by Crippen LogP contribution is -2.59. The van der Waals surface area contributed by atoms with Gasteiger partial charge in [-0.15, -0.1) is 0 Å². The van der Waals surface area contributed by atoms with Gasteiger partial charge >= 0.3 is 6.09 Å². The van der Waals surface area contributed by atoms with Gasteiger partial charge < -0.3 is 25.6 Å². The number of nitrogen functional groups attached to an aromatic ring is 1. The Bertz CT molecular complexity index is 2140. The van der Waals surface area contributed by atoms with Crippen molar-refractivity contribution in [1.29, 1.82) is 0 Å². The van der Waals surface area contributed by atoms with Gasteiger partial charge in [0.2, 0.25) is 11.8 Å². The number of anilines is 2. The third-order valence-corrected chi connectivity index (χ3v) is 11.2. The van der Waals surface area contributed by atoms with Gasteiger partial charge in [0.25, 0.3) is 0 Å². The van der Waals surface area contributed by atoms with Crippen LogP contribution < -0.4 is 16.0 Å². The fourth-order valence-electron chi connectivity index (χ4n) is 8.11. The highest BCUT2D eigenvalue weighted by molar-refractivity contribution is 6.30. The minimum atomic E-state index is -0.881. The molecule has 274 valence electrons. The summed E-state index contributed by atoms with van der Waals surface area (Å²) in [5.41, 5.74) is 15.2. The van der Waals surface area contributed by atoms with Crippen LogP contribution in [0.15, 0.2) is 121 Å². The van der Waals surface area contributed by atoms with Gasteiger partial charge in [-0.05, 0) is 63.2 Å². The van der Waals surface area contributed by atoms with E-state index in [1.807, 2.05) is 84.9 Å². The fourth-order valence-corrected chi connectivity index (χ4v) is 8.24. The van der Waals surface area contributed by atoms with Crippen LogP contribution in [0.25, 0.3) is 11.1 Å². The van der Waals surface area contributed by atoms with Crippen LogP contribution in [-0.4, -0.2) is 72.6 Å². The standard InChI is InChI=1S/C44H42ClN5O4/c45-32-19-17-29(18-20-32)25-39(43(52)49-23-21-48(22-24-49)40-16-8-7-15-38(40)46)47-42(51)41-26-30-9-1-2-10-31(30)27-50(41)44(53)54-28-37-35-13-5-3-11-33(35)34-12-4-6-14-36(34)37/h1-20,37,39,41H,21-28,46H2,(H,47,51)/t39-,41-/m1/s1.